The molecule has 6 nitrogen and oxygen atoms in total. The highest BCUT2D eigenvalue weighted by Gasteiger charge is 2.20. The highest BCUT2D eigenvalue weighted by Crippen LogP contribution is 2.22. The minimum Gasteiger partial charge on any atom is -0.353 e. The van der Waals surface area contributed by atoms with Crippen molar-refractivity contribution in [1.29, 1.82) is 0 Å². The summed E-state index contributed by atoms with van der Waals surface area (Å²) in [5, 5.41) is 3.31. The van der Waals surface area contributed by atoms with Gasteiger partial charge in [-0.2, -0.15) is 0 Å². The normalized spacial score (nSPS) is 12.5. The molecule has 0 fully saturated rings. The lowest BCUT2D eigenvalue weighted by Crippen LogP contribution is -2.38. The molecule has 2 rings (SSSR count). The van der Waals surface area contributed by atoms with Crippen molar-refractivity contribution in [2.75, 3.05) is 13.1 Å². The van der Waals surface area contributed by atoms with Gasteiger partial charge in [0, 0.05) is 18.0 Å². The first-order valence-corrected chi connectivity index (χ1v) is 7.91. The van der Waals surface area contributed by atoms with E-state index in [4.69, 9.17) is 5.73 Å². The van der Waals surface area contributed by atoms with Gasteiger partial charge in [0.25, 0.3) is 5.56 Å². The van der Waals surface area contributed by atoms with E-state index in [1.807, 2.05) is 19.9 Å². The second-order valence-electron chi connectivity index (χ2n) is 4.75. The fraction of sp³-hybridized carbons (Fsp3) is 0.500. The van der Waals surface area contributed by atoms with Gasteiger partial charge in [-0.05, 0) is 18.9 Å². The van der Waals surface area contributed by atoms with Gasteiger partial charge in [0.15, 0.2) is 0 Å². The molecule has 2 aromatic rings. The van der Waals surface area contributed by atoms with Crippen LogP contribution in [0.5, 0.6) is 0 Å². The first-order chi connectivity index (χ1) is 10.1. The third kappa shape index (κ3) is 3.14. The number of rotatable bonds is 6. The first-order valence-electron chi connectivity index (χ1n) is 7.09. The molecule has 0 bridgehead atoms. The number of nitrogens with two attached hydrogens (primary N) is 1. The van der Waals surface area contributed by atoms with Crippen LogP contribution in [-0.4, -0.2) is 28.5 Å². The topological polar surface area (TPSA) is 90.0 Å². The lowest BCUT2D eigenvalue weighted by molar-refractivity contribution is -0.124. The Morgan fingerprint density at radius 3 is 2.90 bits per heavy atom. The Labute approximate surface area is 127 Å². The summed E-state index contributed by atoms with van der Waals surface area (Å²) in [5.41, 5.74) is 5.22. The molecular formula is C14H20N4O2S. The van der Waals surface area contributed by atoms with Gasteiger partial charge in [-0.25, -0.2) is 4.98 Å². The van der Waals surface area contributed by atoms with Crippen LogP contribution in [0, 0.1) is 0 Å². The number of amides is 1. The van der Waals surface area contributed by atoms with E-state index in [-0.39, 0.29) is 11.5 Å². The van der Waals surface area contributed by atoms with Crippen molar-refractivity contribution >= 4 is 27.5 Å². The maximum absolute atomic E-state index is 12.6. The monoisotopic (exact) mass is 308 g/mol. The first kappa shape index (κ1) is 15.7. The lowest BCUT2D eigenvalue weighted by atomic mass is 10.2. The van der Waals surface area contributed by atoms with Gasteiger partial charge in [-0.3, -0.25) is 14.2 Å². The molecule has 0 saturated carbocycles. The molecule has 114 valence electrons. The quantitative estimate of drug-likeness (QED) is 0.834. The summed E-state index contributed by atoms with van der Waals surface area (Å²) in [4.78, 5) is 30.9. The predicted molar refractivity (Wildman–Crippen MR) is 84.7 cm³/mol. The molecule has 1 amide bonds. The van der Waals surface area contributed by atoms with Crippen LogP contribution in [0.1, 0.15) is 31.2 Å². The number of thiophene rings is 1. The summed E-state index contributed by atoms with van der Waals surface area (Å²) in [7, 11) is 0. The van der Waals surface area contributed by atoms with Crippen LogP contribution in [0.25, 0.3) is 10.2 Å². The molecule has 0 radical (unpaired) electrons. The Morgan fingerprint density at radius 1 is 1.52 bits per heavy atom. The van der Waals surface area contributed by atoms with Gasteiger partial charge in [0.2, 0.25) is 5.91 Å². The third-order valence-corrected chi connectivity index (χ3v) is 4.53. The fourth-order valence-electron chi connectivity index (χ4n) is 2.20. The van der Waals surface area contributed by atoms with Crippen molar-refractivity contribution < 1.29 is 4.79 Å². The number of hydrogen-bond donors (Lipinski definition) is 2. The summed E-state index contributed by atoms with van der Waals surface area (Å²) < 4.78 is 1.42. The van der Waals surface area contributed by atoms with E-state index in [2.05, 4.69) is 10.3 Å². The summed E-state index contributed by atoms with van der Waals surface area (Å²) in [6, 6.07) is 1.32. The van der Waals surface area contributed by atoms with E-state index in [0.717, 1.165) is 16.1 Å². The molecule has 1 atom stereocenters. The summed E-state index contributed by atoms with van der Waals surface area (Å²) in [6.45, 7) is 4.68. The van der Waals surface area contributed by atoms with Crippen molar-refractivity contribution in [3.05, 3.63) is 27.6 Å². The molecule has 1 unspecified atom stereocenters. The van der Waals surface area contributed by atoms with E-state index < -0.39 is 6.04 Å². The van der Waals surface area contributed by atoms with Crippen LogP contribution in [-0.2, 0) is 11.2 Å². The van der Waals surface area contributed by atoms with Gasteiger partial charge in [0.1, 0.15) is 10.9 Å². The van der Waals surface area contributed by atoms with E-state index in [9.17, 15) is 9.59 Å². The smallest absolute Gasteiger partial charge is 0.262 e. The Kier molecular flexibility index (Phi) is 5.08. The molecule has 21 heavy (non-hydrogen) atoms. The maximum Gasteiger partial charge on any atom is 0.262 e. The lowest BCUT2D eigenvalue weighted by Gasteiger charge is -2.17. The second-order valence-corrected chi connectivity index (χ2v) is 5.86. The number of carbonyl (C=O) groups is 1. The molecule has 2 aromatic heterocycles. The van der Waals surface area contributed by atoms with E-state index in [0.29, 0.717) is 24.9 Å². The SMILES string of the molecule is CCc1cc2c(=O)n(C(CC)C(=O)NCCN)cnc2s1. The van der Waals surface area contributed by atoms with Gasteiger partial charge in [0.05, 0.1) is 11.7 Å². The summed E-state index contributed by atoms with van der Waals surface area (Å²) in [6.07, 6.45) is 2.86. The van der Waals surface area contributed by atoms with E-state index >= 15 is 0 Å². The molecular weight excluding hydrogens is 288 g/mol. The molecule has 3 N–H and O–H groups in total. The van der Waals surface area contributed by atoms with Crippen molar-refractivity contribution in [1.82, 2.24) is 14.9 Å². The molecule has 0 aliphatic rings. The predicted octanol–water partition coefficient (Wildman–Crippen LogP) is 1.05. The van der Waals surface area contributed by atoms with Crippen LogP contribution in [0.2, 0.25) is 0 Å². The molecule has 0 saturated heterocycles. The average molecular weight is 308 g/mol. The zero-order valence-electron chi connectivity index (χ0n) is 12.3. The number of carbonyl (C=O) groups excluding carboxylic acids is 1. The average Bonchev–Trinajstić information content (AvgIpc) is 2.92. The van der Waals surface area contributed by atoms with Gasteiger partial charge in [-0.15, -0.1) is 11.3 Å². The third-order valence-electron chi connectivity index (χ3n) is 3.34. The number of hydrogen-bond acceptors (Lipinski definition) is 5. The van der Waals surface area contributed by atoms with Gasteiger partial charge in [-0.1, -0.05) is 13.8 Å². The van der Waals surface area contributed by atoms with Crippen LogP contribution in [0.4, 0.5) is 0 Å². The summed E-state index contributed by atoms with van der Waals surface area (Å²) >= 11 is 1.52. The number of fused-ring (bicyclic) bond motifs is 1. The maximum atomic E-state index is 12.6. The highest BCUT2D eigenvalue weighted by atomic mass is 32.1. The Hall–Kier alpha value is -1.73. The standard InChI is InChI=1S/C14H20N4O2S/c1-3-9-7-10-13(21-9)17-8-18(14(10)20)11(4-2)12(19)16-6-5-15/h7-8,11H,3-6,15H2,1-2H3,(H,16,19). The zero-order valence-corrected chi connectivity index (χ0v) is 13.1. The van der Waals surface area contributed by atoms with Crippen LogP contribution in [0.15, 0.2) is 17.2 Å². The number of nitrogens with one attached hydrogen (secondary N) is 1. The van der Waals surface area contributed by atoms with Crippen molar-refractivity contribution in [2.45, 2.75) is 32.7 Å². The molecule has 0 spiro atoms. The number of nitrogens with zero attached hydrogens (tertiary/aromatic N) is 2. The van der Waals surface area contributed by atoms with Crippen molar-refractivity contribution in [3.63, 3.8) is 0 Å². The minimum absolute atomic E-state index is 0.161. The Bertz CT molecular complexity index is 692. The largest absolute Gasteiger partial charge is 0.353 e. The van der Waals surface area contributed by atoms with Gasteiger partial charge < -0.3 is 11.1 Å². The zero-order chi connectivity index (χ0) is 15.4. The molecule has 0 aliphatic carbocycles. The number of aryl methyl sites for hydroxylation is 1. The molecule has 2 heterocycles. The minimum atomic E-state index is -0.550. The Balaban J connectivity index is 2.42. The molecule has 0 aromatic carbocycles. The van der Waals surface area contributed by atoms with Crippen LogP contribution < -0.4 is 16.6 Å². The number of aromatic nitrogens is 2. The molecule has 7 heteroatoms. The molecule has 0 aliphatic heterocycles. The summed E-state index contributed by atoms with van der Waals surface area (Å²) in [5.74, 6) is -0.197. The Morgan fingerprint density at radius 2 is 2.29 bits per heavy atom. The van der Waals surface area contributed by atoms with Crippen molar-refractivity contribution in [3.8, 4) is 0 Å². The van der Waals surface area contributed by atoms with Crippen LogP contribution in [0.3, 0.4) is 0 Å². The van der Waals surface area contributed by atoms with E-state index in [1.165, 1.54) is 22.2 Å². The van der Waals surface area contributed by atoms with Gasteiger partial charge >= 0.3 is 0 Å². The van der Waals surface area contributed by atoms with E-state index in [1.54, 1.807) is 0 Å². The highest BCUT2D eigenvalue weighted by molar-refractivity contribution is 7.18. The van der Waals surface area contributed by atoms with Crippen LogP contribution >= 0.6 is 11.3 Å². The van der Waals surface area contributed by atoms with Crippen molar-refractivity contribution in [2.24, 2.45) is 5.73 Å². The second kappa shape index (κ2) is 6.82. The fourth-order valence-corrected chi connectivity index (χ4v) is 3.13.